The number of rotatable bonds is 5. The highest BCUT2D eigenvalue weighted by Crippen LogP contribution is 2.37. The van der Waals surface area contributed by atoms with Gasteiger partial charge in [0, 0.05) is 13.0 Å². The third-order valence-corrected chi connectivity index (χ3v) is 4.28. The largest absolute Gasteiger partial charge is 0.481 e. The number of hydrogen-bond acceptors (Lipinski definition) is 4. The summed E-state index contributed by atoms with van der Waals surface area (Å²) in [6.45, 7) is 2.83. The molecule has 0 aliphatic carbocycles. The molecule has 10 heteroatoms. The summed E-state index contributed by atoms with van der Waals surface area (Å²) in [6, 6.07) is 3.18. The number of carboxylic acid groups (broad SMARTS) is 1. The molecule has 27 heavy (non-hydrogen) atoms. The maximum Gasteiger partial charge on any atom is 0.417 e. The van der Waals surface area contributed by atoms with Gasteiger partial charge in [0.15, 0.2) is 0 Å². The fraction of sp³-hybridized carbons (Fsp3) is 0.412. The Labute approximate surface area is 152 Å². The maximum absolute atomic E-state index is 13.2. The Kier molecular flexibility index (Phi) is 5.17. The summed E-state index contributed by atoms with van der Waals surface area (Å²) in [7, 11) is 0. The third-order valence-electron chi connectivity index (χ3n) is 4.28. The summed E-state index contributed by atoms with van der Waals surface area (Å²) in [5, 5.41) is 17.6. The number of carbonyl (C=O) groups is 3. The summed E-state index contributed by atoms with van der Waals surface area (Å²) in [4.78, 5) is 37.7. The zero-order valence-corrected chi connectivity index (χ0v) is 14.5. The molecule has 1 saturated heterocycles. The number of urea groups is 1. The van der Waals surface area contributed by atoms with Gasteiger partial charge in [0.1, 0.15) is 5.54 Å². The molecule has 0 saturated carbocycles. The van der Waals surface area contributed by atoms with E-state index in [4.69, 9.17) is 10.4 Å². The Morgan fingerprint density at radius 3 is 2.44 bits per heavy atom. The van der Waals surface area contributed by atoms with Gasteiger partial charge in [-0.05, 0) is 38.5 Å². The lowest BCUT2D eigenvalue weighted by molar-refractivity contribution is -0.138. The topological polar surface area (TPSA) is 102 Å². The number of carbonyl (C=O) groups excluding carboxylic acids is 2. The van der Waals surface area contributed by atoms with Crippen molar-refractivity contribution in [3.8, 4) is 6.07 Å². The third kappa shape index (κ3) is 3.72. The van der Waals surface area contributed by atoms with E-state index in [1.807, 2.05) is 0 Å². The van der Waals surface area contributed by atoms with E-state index in [0.29, 0.717) is 11.0 Å². The molecule has 0 spiro atoms. The van der Waals surface area contributed by atoms with Crippen molar-refractivity contribution in [1.29, 1.82) is 5.26 Å². The van der Waals surface area contributed by atoms with Gasteiger partial charge < -0.3 is 10.0 Å². The van der Waals surface area contributed by atoms with Crippen LogP contribution in [0.3, 0.4) is 0 Å². The normalized spacial score (nSPS) is 16.6. The van der Waals surface area contributed by atoms with E-state index < -0.39 is 40.7 Å². The van der Waals surface area contributed by atoms with Crippen LogP contribution < -0.4 is 4.90 Å². The van der Waals surface area contributed by atoms with Crippen LogP contribution in [0, 0.1) is 11.3 Å². The molecule has 1 aliphatic heterocycles. The molecule has 2 rings (SSSR count). The first kappa shape index (κ1) is 20.2. The molecule has 3 amide bonds. The molecule has 1 aliphatic rings. The van der Waals surface area contributed by atoms with Crippen molar-refractivity contribution in [3.05, 3.63) is 29.3 Å². The number of anilines is 1. The number of amides is 3. The van der Waals surface area contributed by atoms with Crippen molar-refractivity contribution < 1.29 is 32.7 Å². The summed E-state index contributed by atoms with van der Waals surface area (Å²) >= 11 is 0. The average Bonchev–Trinajstić information content (AvgIpc) is 2.73. The molecule has 144 valence electrons. The highest BCUT2D eigenvalue weighted by Gasteiger charge is 2.51. The molecule has 1 fully saturated rings. The van der Waals surface area contributed by atoms with Crippen molar-refractivity contribution in [2.24, 2.45) is 0 Å². The predicted molar refractivity (Wildman–Crippen MR) is 86.7 cm³/mol. The molecule has 0 atom stereocenters. The lowest BCUT2D eigenvalue weighted by Gasteiger charge is -2.27. The van der Waals surface area contributed by atoms with Gasteiger partial charge in [0.05, 0.1) is 22.9 Å². The second-order valence-electron chi connectivity index (χ2n) is 6.47. The molecule has 1 N–H and O–H groups in total. The van der Waals surface area contributed by atoms with E-state index >= 15 is 0 Å². The Morgan fingerprint density at radius 1 is 1.30 bits per heavy atom. The van der Waals surface area contributed by atoms with Gasteiger partial charge in [0.25, 0.3) is 5.91 Å². The zero-order valence-electron chi connectivity index (χ0n) is 14.5. The molecular weight excluding hydrogens is 367 g/mol. The van der Waals surface area contributed by atoms with Crippen molar-refractivity contribution in [1.82, 2.24) is 4.90 Å². The summed E-state index contributed by atoms with van der Waals surface area (Å²) in [5.41, 5.74) is -3.51. The quantitative estimate of drug-likeness (QED) is 0.788. The lowest BCUT2D eigenvalue weighted by Crippen LogP contribution is -2.44. The van der Waals surface area contributed by atoms with Crippen LogP contribution in [0.4, 0.5) is 23.7 Å². The van der Waals surface area contributed by atoms with E-state index in [1.54, 1.807) is 0 Å². The molecule has 0 bridgehead atoms. The molecule has 1 heterocycles. The number of hydrogen-bond donors (Lipinski definition) is 1. The van der Waals surface area contributed by atoms with E-state index in [1.165, 1.54) is 19.9 Å². The van der Waals surface area contributed by atoms with Crippen LogP contribution in [0.2, 0.25) is 0 Å². The molecule has 1 aromatic carbocycles. The van der Waals surface area contributed by atoms with Gasteiger partial charge in [-0.15, -0.1) is 0 Å². The molecule has 0 aromatic heterocycles. The van der Waals surface area contributed by atoms with E-state index in [2.05, 4.69) is 0 Å². The number of nitriles is 1. The SMILES string of the molecule is CC1(C)C(=O)N(c2ccc(C#N)c(C(F)(F)F)c2)C(=O)N1CCCC(=O)O. The fourth-order valence-corrected chi connectivity index (χ4v) is 2.83. The minimum atomic E-state index is -4.83. The summed E-state index contributed by atoms with van der Waals surface area (Å²) in [5.74, 6) is -1.80. The molecule has 7 nitrogen and oxygen atoms in total. The van der Waals surface area contributed by atoms with E-state index in [-0.39, 0.29) is 25.1 Å². The van der Waals surface area contributed by atoms with Gasteiger partial charge in [-0.25, -0.2) is 9.69 Å². The number of benzene rings is 1. The maximum atomic E-state index is 13.2. The van der Waals surface area contributed by atoms with Crippen LogP contribution in [0.25, 0.3) is 0 Å². The first-order chi connectivity index (χ1) is 12.4. The smallest absolute Gasteiger partial charge is 0.417 e. The van der Waals surface area contributed by atoms with Crippen LogP contribution >= 0.6 is 0 Å². The van der Waals surface area contributed by atoms with Crippen molar-refractivity contribution in [2.75, 3.05) is 11.4 Å². The summed E-state index contributed by atoms with van der Waals surface area (Å²) in [6.07, 6.45) is -4.96. The first-order valence-electron chi connectivity index (χ1n) is 7.90. The van der Waals surface area contributed by atoms with Crippen molar-refractivity contribution in [3.63, 3.8) is 0 Å². The Hall–Kier alpha value is -3.09. The number of aliphatic carboxylic acids is 1. The van der Waals surface area contributed by atoms with Crippen molar-refractivity contribution >= 4 is 23.6 Å². The second-order valence-corrected chi connectivity index (χ2v) is 6.47. The molecule has 0 radical (unpaired) electrons. The van der Waals surface area contributed by atoms with Gasteiger partial charge in [-0.3, -0.25) is 9.59 Å². The predicted octanol–water partition coefficient (Wildman–Crippen LogP) is 2.99. The minimum absolute atomic E-state index is 0.0389. The van der Waals surface area contributed by atoms with E-state index in [9.17, 15) is 27.6 Å². The minimum Gasteiger partial charge on any atom is -0.481 e. The Balaban J connectivity index is 2.42. The number of nitrogens with zero attached hydrogens (tertiary/aromatic N) is 3. The second kappa shape index (κ2) is 6.90. The van der Waals surface area contributed by atoms with Crippen LogP contribution in [0.5, 0.6) is 0 Å². The Morgan fingerprint density at radius 2 is 1.93 bits per heavy atom. The Bertz CT molecular complexity index is 843. The van der Waals surface area contributed by atoms with Crippen LogP contribution in [-0.2, 0) is 15.8 Å². The van der Waals surface area contributed by atoms with Gasteiger partial charge >= 0.3 is 18.2 Å². The van der Waals surface area contributed by atoms with Crippen molar-refractivity contribution in [2.45, 2.75) is 38.4 Å². The number of halogens is 3. The lowest BCUT2D eigenvalue weighted by atomic mass is 10.0. The van der Waals surface area contributed by atoms with Crippen LogP contribution in [0.15, 0.2) is 18.2 Å². The zero-order chi connectivity index (χ0) is 20.6. The highest BCUT2D eigenvalue weighted by molar-refractivity contribution is 6.23. The molecular formula is C17H16F3N3O4. The van der Waals surface area contributed by atoms with E-state index in [0.717, 1.165) is 17.0 Å². The summed E-state index contributed by atoms with van der Waals surface area (Å²) < 4.78 is 39.5. The van der Waals surface area contributed by atoms with Gasteiger partial charge in [-0.2, -0.15) is 18.4 Å². The van der Waals surface area contributed by atoms with Crippen LogP contribution in [-0.4, -0.2) is 40.0 Å². The van der Waals surface area contributed by atoms with Gasteiger partial charge in [0.2, 0.25) is 0 Å². The fourth-order valence-electron chi connectivity index (χ4n) is 2.83. The molecule has 1 aromatic rings. The van der Waals surface area contributed by atoms with Crippen LogP contribution in [0.1, 0.15) is 37.8 Å². The standard InChI is InChI=1S/C17H16F3N3O4/c1-16(2)14(26)23(15(27)22(16)7-3-4-13(24)25)11-6-5-10(9-21)12(8-11)17(18,19)20/h5-6,8H,3-4,7H2,1-2H3,(H,24,25). The number of carboxylic acids is 1. The number of alkyl halides is 3. The average molecular weight is 383 g/mol. The highest BCUT2D eigenvalue weighted by atomic mass is 19.4. The number of imide groups is 1. The molecule has 0 unspecified atom stereocenters. The first-order valence-corrected chi connectivity index (χ1v) is 7.90. The monoisotopic (exact) mass is 383 g/mol. The van der Waals surface area contributed by atoms with Gasteiger partial charge in [-0.1, -0.05) is 0 Å².